The summed E-state index contributed by atoms with van der Waals surface area (Å²) < 4.78 is 0. The van der Waals surface area contributed by atoms with Crippen LogP contribution in [0.1, 0.15) is 51.8 Å². The van der Waals surface area contributed by atoms with E-state index in [9.17, 15) is 0 Å². The third-order valence-electron chi connectivity index (χ3n) is 11.1. The van der Waals surface area contributed by atoms with Gasteiger partial charge in [-0.3, -0.25) is 0 Å². The lowest BCUT2D eigenvalue weighted by Gasteiger charge is -2.37. The zero-order chi connectivity index (χ0) is 35.1. The van der Waals surface area contributed by atoms with E-state index >= 15 is 0 Å². The van der Waals surface area contributed by atoms with Crippen LogP contribution in [0.25, 0.3) is 27.8 Å². The Hall–Kier alpha value is -6.18. The van der Waals surface area contributed by atoms with Crippen LogP contribution in [-0.2, 0) is 5.41 Å². The van der Waals surface area contributed by atoms with E-state index in [1.807, 2.05) is 0 Å². The molecule has 0 amide bonds. The molecular formula is C51H41N. The van der Waals surface area contributed by atoms with Gasteiger partial charge in [0.15, 0.2) is 0 Å². The van der Waals surface area contributed by atoms with Crippen molar-refractivity contribution >= 4 is 22.6 Å². The van der Waals surface area contributed by atoms with Gasteiger partial charge >= 0.3 is 0 Å². The van der Waals surface area contributed by atoms with Crippen LogP contribution in [0, 0.1) is 13.8 Å². The Bertz CT molecular complexity index is 2470. The quantitative estimate of drug-likeness (QED) is 0.163. The van der Waals surface area contributed by atoms with E-state index in [-0.39, 0.29) is 0 Å². The molecule has 1 nitrogen and oxygen atoms in total. The molecule has 7 aromatic carbocycles. The van der Waals surface area contributed by atoms with Gasteiger partial charge in [0.1, 0.15) is 0 Å². The number of hydrogen-bond acceptors (Lipinski definition) is 1. The summed E-state index contributed by atoms with van der Waals surface area (Å²) >= 11 is 0. The van der Waals surface area contributed by atoms with E-state index in [1.165, 1.54) is 66.8 Å². The fourth-order valence-corrected chi connectivity index (χ4v) is 8.62. The van der Waals surface area contributed by atoms with Crippen molar-refractivity contribution in [3.63, 3.8) is 0 Å². The lowest BCUT2D eigenvalue weighted by Crippen LogP contribution is -2.30. The van der Waals surface area contributed by atoms with Gasteiger partial charge in [0.2, 0.25) is 0 Å². The monoisotopic (exact) mass is 667 g/mol. The predicted molar refractivity (Wildman–Crippen MR) is 220 cm³/mol. The van der Waals surface area contributed by atoms with Crippen molar-refractivity contribution in [2.45, 2.75) is 32.1 Å². The maximum Gasteiger partial charge on any atom is 0.0718 e. The second-order valence-electron chi connectivity index (χ2n) is 14.1. The molecule has 9 rings (SSSR count). The Labute approximate surface area is 307 Å². The highest BCUT2D eigenvalue weighted by Gasteiger charge is 2.47. The second kappa shape index (κ2) is 13.2. The van der Waals surface area contributed by atoms with Crippen LogP contribution < -0.4 is 4.90 Å². The minimum absolute atomic E-state index is 0.482. The van der Waals surface area contributed by atoms with E-state index < -0.39 is 5.41 Å². The first kappa shape index (κ1) is 31.8. The standard InChI is InChI=1S/C51H41N/c1-36-16-12-14-24-47(36)51(50-34-41(27-26-37(50)2)39-19-8-4-9-20-39)48-25-15-13-23-45(48)46-35-44(32-33-49(46)51)52(42-21-10-5-11-22-42)43-30-28-40(29-31-43)38-17-6-3-7-18-38/h3,5-8,10-35H,4,9H2,1-2H3. The molecule has 0 spiro atoms. The van der Waals surface area contributed by atoms with Crippen molar-refractivity contribution in [3.05, 3.63) is 227 Å². The first-order valence-electron chi connectivity index (χ1n) is 18.4. The summed E-state index contributed by atoms with van der Waals surface area (Å²) in [5.41, 5.74) is 18.4. The Morgan fingerprint density at radius 3 is 1.77 bits per heavy atom. The van der Waals surface area contributed by atoms with Crippen LogP contribution in [0.15, 0.2) is 188 Å². The average Bonchev–Trinajstić information content (AvgIpc) is 3.50. The SMILES string of the molecule is Cc1ccccc1C1(c2cc(C3=CCCC=C3)ccc2C)c2ccccc2-c2cc(N(c3ccccc3)c3ccc(-c4ccccc4)cc3)ccc21. The largest absolute Gasteiger partial charge is 0.310 e. The Morgan fingerprint density at radius 1 is 0.423 bits per heavy atom. The summed E-state index contributed by atoms with van der Waals surface area (Å²) in [7, 11) is 0. The molecule has 1 atom stereocenters. The lowest BCUT2D eigenvalue weighted by molar-refractivity contribution is 0.753. The number of hydrogen-bond donors (Lipinski definition) is 0. The van der Waals surface area contributed by atoms with Crippen molar-refractivity contribution in [1.82, 2.24) is 0 Å². The number of para-hydroxylation sites is 1. The summed E-state index contributed by atoms with van der Waals surface area (Å²) in [5.74, 6) is 0. The highest BCUT2D eigenvalue weighted by Crippen LogP contribution is 2.58. The highest BCUT2D eigenvalue weighted by molar-refractivity contribution is 5.91. The summed E-state index contributed by atoms with van der Waals surface area (Å²) in [6, 6.07) is 62.7. The van der Waals surface area contributed by atoms with Gasteiger partial charge in [0.05, 0.1) is 5.41 Å². The molecule has 250 valence electrons. The van der Waals surface area contributed by atoms with E-state index in [4.69, 9.17) is 0 Å². The molecule has 0 fully saturated rings. The zero-order valence-electron chi connectivity index (χ0n) is 29.8. The van der Waals surface area contributed by atoms with Crippen LogP contribution in [0.5, 0.6) is 0 Å². The molecule has 52 heavy (non-hydrogen) atoms. The zero-order valence-corrected chi connectivity index (χ0v) is 29.8. The first-order valence-corrected chi connectivity index (χ1v) is 18.4. The topological polar surface area (TPSA) is 3.24 Å². The third-order valence-corrected chi connectivity index (χ3v) is 11.1. The maximum atomic E-state index is 2.48. The second-order valence-corrected chi connectivity index (χ2v) is 14.1. The fraction of sp³-hybridized carbons (Fsp3) is 0.0980. The molecule has 2 aliphatic carbocycles. The van der Waals surface area contributed by atoms with Gasteiger partial charge in [-0.05, 0) is 136 Å². The van der Waals surface area contributed by atoms with Crippen molar-refractivity contribution < 1.29 is 0 Å². The molecule has 0 aliphatic heterocycles. The number of allylic oxidation sites excluding steroid dienone is 4. The normalized spacial score (nSPS) is 15.8. The fourth-order valence-electron chi connectivity index (χ4n) is 8.62. The van der Waals surface area contributed by atoms with Crippen molar-refractivity contribution in [2.75, 3.05) is 4.90 Å². The van der Waals surface area contributed by atoms with E-state index in [0.717, 1.165) is 29.9 Å². The van der Waals surface area contributed by atoms with Gasteiger partial charge in [0.25, 0.3) is 0 Å². The number of anilines is 3. The van der Waals surface area contributed by atoms with E-state index in [1.54, 1.807) is 0 Å². The molecule has 0 radical (unpaired) electrons. The van der Waals surface area contributed by atoms with Crippen LogP contribution >= 0.6 is 0 Å². The Morgan fingerprint density at radius 2 is 1.02 bits per heavy atom. The average molecular weight is 668 g/mol. The molecule has 7 aromatic rings. The molecular weight excluding hydrogens is 627 g/mol. The van der Waals surface area contributed by atoms with Crippen molar-refractivity contribution in [2.24, 2.45) is 0 Å². The summed E-state index contributed by atoms with van der Waals surface area (Å²) in [6.45, 7) is 4.56. The minimum Gasteiger partial charge on any atom is -0.310 e. The van der Waals surface area contributed by atoms with Gasteiger partial charge in [-0.2, -0.15) is 0 Å². The number of rotatable bonds is 7. The summed E-state index contributed by atoms with van der Waals surface area (Å²) in [6.07, 6.45) is 9.18. The third kappa shape index (κ3) is 5.24. The number of fused-ring (bicyclic) bond motifs is 3. The Balaban J connectivity index is 1.28. The molecule has 0 saturated carbocycles. The molecule has 1 heteroatoms. The molecule has 1 unspecified atom stereocenters. The minimum atomic E-state index is -0.482. The van der Waals surface area contributed by atoms with Crippen LogP contribution in [0.4, 0.5) is 17.1 Å². The molecule has 0 N–H and O–H groups in total. The number of benzene rings is 7. The van der Waals surface area contributed by atoms with Gasteiger partial charge in [-0.1, -0.05) is 146 Å². The smallest absolute Gasteiger partial charge is 0.0718 e. The summed E-state index contributed by atoms with van der Waals surface area (Å²) in [5, 5.41) is 0. The molecule has 0 saturated heterocycles. The Kier molecular flexibility index (Phi) is 8.05. The number of aryl methyl sites for hydroxylation is 2. The van der Waals surface area contributed by atoms with Crippen LogP contribution in [0.2, 0.25) is 0 Å². The van der Waals surface area contributed by atoms with Crippen molar-refractivity contribution in [1.29, 1.82) is 0 Å². The van der Waals surface area contributed by atoms with Gasteiger partial charge < -0.3 is 4.90 Å². The van der Waals surface area contributed by atoms with Crippen LogP contribution in [-0.4, -0.2) is 0 Å². The first-order chi connectivity index (χ1) is 25.6. The van der Waals surface area contributed by atoms with Gasteiger partial charge in [0, 0.05) is 17.1 Å². The van der Waals surface area contributed by atoms with E-state index in [0.29, 0.717) is 0 Å². The van der Waals surface area contributed by atoms with Gasteiger partial charge in [-0.15, -0.1) is 0 Å². The van der Waals surface area contributed by atoms with Gasteiger partial charge in [-0.25, -0.2) is 0 Å². The molecule has 0 bridgehead atoms. The molecule has 2 aliphatic rings. The molecule has 0 aromatic heterocycles. The lowest BCUT2D eigenvalue weighted by atomic mass is 9.65. The molecule has 0 heterocycles. The van der Waals surface area contributed by atoms with E-state index in [2.05, 4.69) is 207 Å². The van der Waals surface area contributed by atoms with Crippen molar-refractivity contribution in [3.8, 4) is 22.3 Å². The summed E-state index contributed by atoms with van der Waals surface area (Å²) in [4.78, 5) is 2.39. The number of nitrogens with zero attached hydrogens (tertiary/aromatic N) is 1. The maximum absolute atomic E-state index is 2.48. The highest BCUT2D eigenvalue weighted by atomic mass is 15.1. The van der Waals surface area contributed by atoms with Crippen LogP contribution in [0.3, 0.4) is 0 Å². The predicted octanol–water partition coefficient (Wildman–Crippen LogP) is 13.5.